The van der Waals surface area contributed by atoms with E-state index < -0.39 is 11.0 Å². The van der Waals surface area contributed by atoms with Gasteiger partial charge in [0.1, 0.15) is 5.60 Å². The monoisotopic (exact) mass is 301 g/mol. The van der Waals surface area contributed by atoms with E-state index in [4.69, 9.17) is 0 Å². The van der Waals surface area contributed by atoms with Crippen LogP contribution in [0.4, 0.5) is 0 Å². The number of rotatable bonds is 0. The van der Waals surface area contributed by atoms with Gasteiger partial charge in [-0.25, -0.2) is 0 Å². The summed E-state index contributed by atoms with van der Waals surface area (Å²) in [6.45, 7) is 0.739. The zero-order valence-electron chi connectivity index (χ0n) is 12.4. The number of aromatic hydroxyl groups is 2. The van der Waals surface area contributed by atoms with Crippen LogP contribution in [-0.4, -0.2) is 51.2 Å². The van der Waals surface area contributed by atoms with Gasteiger partial charge in [0.2, 0.25) is 0 Å². The van der Waals surface area contributed by atoms with Crippen LogP contribution in [0.15, 0.2) is 24.3 Å². The summed E-state index contributed by atoms with van der Waals surface area (Å²) in [4.78, 5) is 14.2. The number of nitrogens with zero attached hydrogens (tertiary/aromatic N) is 1. The van der Waals surface area contributed by atoms with E-state index in [0.717, 1.165) is 12.1 Å². The maximum absolute atomic E-state index is 12.1. The zero-order valence-corrected chi connectivity index (χ0v) is 12.4. The molecule has 22 heavy (non-hydrogen) atoms. The minimum atomic E-state index is -1.20. The Morgan fingerprint density at radius 3 is 2.86 bits per heavy atom. The first kappa shape index (κ1) is 13.8. The lowest BCUT2D eigenvalue weighted by atomic mass is 9.51. The van der Waals surface area contributed by atoms with Gasteiger partial charge in [-0.05, 0) is 50.2 Å². The molecule has 3 N–H and O–H groups in total. The van der Waals surface area contributed by atoms with E-state index in [1.165, 1.54) is 12.1 Å². The molecule has 0 saturated carbocycles. The van der Waals surface area contributed by atoms with Crippen molar-refractivity contribution >= 4 is 5.78 Å². The first-order valence-corrected chi connectivity index (χ1v) is 7.58. The van der Waals surface area contributed by atoms with Gasteiger partial charge in [-0.2, -0.15) is 0 Å². The van der Waals surface area contributed by atoms with Gasteiger partial charge >= 0.3 is 0 Å². The molecule has 1 saturated heterocycles. The van der Waals surface area contributed by atoms with Gasteiger partial charge in [-0.3, -0.25) is 9.69 Å². The average molecular weight is 301 g/mol. The fourth-order valence-electron chi connectivity index (χ4n) is 4.71. The Morgan fingerprint density at radius 1 is 1.32 bits per heavy atom. The second-order valence-electron chi connectivity index (χ2n) is 6.80. The van der Waals surface area contributed by atoms with Crippen LogP contribution in [-0.2, 0) is 16.6 Å². The van der Waals surface area contributed by atoms with E-state index in [2.05, 4.69) is 4.90 Å². The van der Waals surface area contributed by atoms with Crippen molar-refractivity contribution in [2.24, 2.45) is 0 Å². The fraction of sp³-hybridized carbons (Fsp3) is 0.471. The van der Waals surface area contributed by atoms with Crippen molar-refractivity contribution in [2.75, 3.05) is 13.6 Å². The van der Waals surface area contributed by atoms with Crippen molar-refractivity contribution in [1.82, 2.24) is 4.90 Å². The molecule has 3 atom stereocenters. The van der Waals surface area contributed by atoms with E-state index in [0.29, 0.717) is 18.4 Å². The number of allylic oxidation sites excluding steroid dienone is 1. The van der Waals surface area contributed by atoms with Crippen LogP contribution in [0.25, 0.3) is 0 Å². The van der Waals surface area contributed by atoms with Gasteiger partial charge in [0, 0.05) is 23.4 Å². The van der Waals surface area contributed by atoms with Crippen molar-refractivity contribution in [2.45, 2.75) is 36.3 Å². The number of fused-ring (bicyclic) bond motifs is 1. The molecule has 0 unspecified atom stereocenters. The number of aliphatic hydroxyl groups is 1. The van der Waals surface area contributed by atoms with Gasteiger partial charge in [0.25, 0.3) is 0 Å². The summed E-state index contributed by atoms with van der Waals surface area (Å²) in [6, 6.07) is 3.13. The van der Waals surface area contributed by atoms with E-state index in [1.54, 1.807) is 12.1 Å². The normalized spacial score (nSPS) is 36.8. The Morgan fingerprint density at radius 2 is 2.09 bits per heavy atom. The van der Waals surface area contributed by atoms with Crippen molar-refractivity contribution in [3.63, 3.8) is 0 Å². The summed E-state index contributed by atoms with van der Waals surface area (Å²) in [7, 11) is 1.97. The number of carbonyl (C=O) groups excluding carboxylic acids is 1. The largest absolute Gasteiger partial charge is 0.504 e. The molecule has 2 aliphatic carbocycles. The minimum absolute atomic E-state index is 0.0522. The minimum Gasteiger partial charge on any atom is -0.504 e. The van der Waals surface area contributed by atoms with E-state index in [-0.39, 0.29) is 29.7 Å². The number of ketones is 1. The summed E-state index contributed by atoms with van der Waals surface area (Å²) in [6.07, 6.45) is 4.36. The number of likely N-dealkylation sites (tertiary alicyclic amines) is 1. The second kappa shape index (κ2) is 4.12. The second-order valence-corrected chi connectivity index (χ2v) is 6.80. The zero-order chi connectivity index (χ0) is 15.7. The molecule has 1 aromatic rings. The molecule has 0 spiro atoms. The van der Waals surface area contributed by atoms with E-state index in [1.807, 2.05) is 7.05 Å². The summed E-state index contributed by atoms with van der Waals surface area (Å²) in [5.74, 6) is -0.444. The predicted octanol–water partition coefficient (Wildman–Crippen LogP) is 0.856. The molecular weight excluding hydrogens is 282 g/mol. The lowest BCUT2D eigenvalue weighted by molar-refractivity contribution is -0.135. The van der Waals surface area contributed by atoms with Crippen molar-refractivity contribution in [3.05, 3.63) is 35.4 Å². The number of carbonyl (C=O) groups is 1. The molecule has 116 valence electrons. The van der Waals surface area contributed by atoms with Crippen LogP contribution in [0, 0.1) is 0 Å². The number of hydrogen-bond donors (Lipinski definition) is 3. The van der Waals surface area contributed by atoms with Crippen molar-refractivity contribution < 1.29 is 20.1 Å². The van der Waals surface area contributed by atoms with E-state index >= 15 is 0 Å². The Kier molecular flexibility index (Phi) is 2.58. The Hall–Kier alpha value is -1.85. The van der Waals surface area contributed by atoms with Crippen LogP contribution in [0.5, 0.6) is 11.5 Å². The molecule has 5 nitrogen and oxygen atoms in total. The van der Waals surface area contributed by atoms with Crippen molar-refractivity contribution in [1.29, 1.82) is 0 Å². The van der Waals surface area contributed by atoms with Gasteiger partial charge in [-0.1, -0.05) is 6.07 Å². The molecular formula is C17H19NO4. The van der Waals surface area contributed by atoms with Gasteiger partial charge < -0.3 is 15.3 Å². The topological polar surface area (TPSA) is 81.0 Å². The maximum Gasteiger partial charge on any atom is 0.161 e. The summed E-state index contributed by atoms with van der Waals surface area (Å²) < 4.78 is 0. The van der Waals surface area contributed by atoms with Crippen LogP contribution >= 0.6 is 0 Å². The third-order valence-corrected chi connectivity index (χ3v) is 5.83. The molecule has 1 fully saturated rings. The lowest BCUT2D eigenvalue weighted by Crippen LogP contribution is -2.71. The molecule has 2 bridgehead atoms. The number of phenols is 2. The first-order chi connectivity index (χ1) is 10.4. The Balaban J connectivity index is 2.06. The smallest absolute Gasteiger partial charge is 0.161 e. The Labute approximate surface area is 128 Å². The molecule has 0 aromatic heterocycles. The highest BCUT2D eigenvalue weighted by atomic mass is 16.3. The Bertz CT molecular complexity index is 713. The predicted molar refractivity (Wildman–Crippen MR) is 79.9 cm³/mol. The van der Waals surface area contributed by atoms with Crippen LogP contribution in [0.3, 0.4) is 0 Å². The lowest BCUT2D eigenvalue weighted by Gasteiger charge is -2.61. The van der Waals surface area contributed by atoms with Crippen LogP contribution in [0.1, 0.15) is 24.0 Å². The van der Waals surface area contributed by atoms with Gasteiger partial charge in [0.15, 0.2) is 17.3 Å². The molecule has 1 aromatic carbocycles. The summed E-state index contributed by atoms with van der Waals surface area (Å²) in [5.41, 5.74) is -0.602. The third kappa shape index (κ3) is 1.43. The molecule has 0 amide bonds. The summed E-state index contributed by atoms with van der Waals surface area (Å²) in [5, 5.41) is 31.8. The highest BCUT2D eigenvalue weighted by Crippen LogP contribution is 2.58. The number of phenolic OH excluding ortho intramolecular Hbond substituents is 2. The number of piperidine rings is 1. The highest BCUT2D eigenvalue weighted by molar-refractivity contribution is 5.93. The number of benzene rings is 1. The van der Waals surface area contributed by atoms with Crippen LogP contribution < -0.4 is 0 Å². The molecule has 1 aliphatic heterocycles. The molecule has 0 radical (unpaired) electrons. The maximum atomic E-state index is 12.1. The SMILES string of the molecule is CN1CC[C@]23CC(=O)C=C[C@@]2(O)[C@H]1Cc1ccc(O)c(O)c13. The summed E-state index contributed by atoms with van der Waals surface area (Å²) >= 11 is 0. The van der Waals surface area contributed by atoms with E-state index in [9.17, 15) is 20.1 Å². The van der Waals surface area contributed by atoms with Gasteiger partial charge in [0.05, 0.1) is 0 Å². The average Bonchev–Trinajstić information content (AvgIpc) is 2.47. The molecule has 4 rings (SSSR count). The first-order valence-electron chi connectivity index (χ1n) is 7.58. The van der Waals surface area contributed by atoms with Gasteiger partial charge in [-0.15, -0.1) is 0 Å². The number of hydrogen-bond acceptors (Lipinski definition) is 5. The highest BCUT2D eigenvalue weighted by Gasteiger charge is 2.63. The number of likely N-dealkylation sites (N-methyl/N-ethyl adjacent to an activating group) is 1. The van der Waals surface area contributed by atoms with Crippen LogP contribution in [0.2, 0.25) is 0 Å². The quantitative estimate of drug-likeness (QED) is 0.619. The standard InChI is InChI=1S/C17H19NO4/c1-18-7-6-16-9-11(19)4-5-17(16,22)13(18)8-10-2-3-12(20)15(21)14(10)16/h2-5,13,20-22H,6-9H2,1H3/t13-,16-,17-/m1/s1. The molecule has 3 aliphatic rings. The van der Waals surface area contributed by atoms with Crippen molar-refractivity contribution in [3.8, 4) is 11.5 Å². The molecule has 1 heterocycles. The fourth-order valence-corrected chi connectivity index (χ4v) is 4.71. The molecule has 5 heteroatoms. The third-order valence-electron chi connectivity index (χ3n) is 5.83.